The third-order valence-corrected chi connectivity index (χ3v) is 3.92. The van der Waals surface area contributed by atoms with Crippen LogP contribution in [-0.4, -0.2) is 38.8 Å². The molecule has 1 aromatic carbocycles. The van der Waals surface area contributed by atoms with Crippen LogP contribution in [0.3, 0.4) is 0 Å². The number of aryl methyl sites for hydroxylation is 1. The quantitative estimate of drug-likeness (QED) is 0.902. The molecule has 1 saturated heterocycles. The molecule has 1 fully saturated rings. The lowest BCUT2D eigenvalue weighted by atomic mass is 9.90. The maximum absolute atomic E-state index is 12.7. The molecule has 0 saturated carbocycles. The molecule has 1 aliphatic heterocycles. The number of carbonyl (C=O) groups excluding carboxylic acids is 1. The molecular formula is C15H22N2O2. The zero-order chi connectivity index (χ0) is 13.9. The lowest BCUT2D eigenvalue weighted by Gasteiger charge is -2.37. The Hall–Kier alpha value is -1.39. The number of amides is 1. The lowest BCUT2D eigenvalue weighted by molar-refractivity contribution is -0.143. The molecule has 0 radical (unpaired) electrons. The molecule has 1 amide bonds. The van der Waals surface area contributed by atoms with E-state index >= 15 is 0 Å². The molecule has 2 rings (SSSR count). The molecule has 0 spiro atoms. The minimum Gasteiger partial charge on any atom is -0.368 e. The molecule has 1 aliphatic rings. The second-order valence-corrected chi connectivity index (χ2v) is 5.15. The maximum Gasteiger partial charge on any atom is 0.259 e. The summed E-state index contributed by atoms with van der Waals surface area (Å²) in [6.45, 7) is 3.68. The van der Waals surface area contributed by atoms with Gasteiger partial charge in [-0.15, -0.1) is 0 Å². The lowest BCUT2D eigenvalue weighted by Crippen LogP contribution is -2.54. The normalized spacial score (nSPS) is 18.1. The van der Waals surface area contributed by atoms with Gasteiger partial charge >= 0.3 is 0 Å². The van der Waals surface area contributed by atoms with E-state index in [1.165, 1.54) is 5.56 Å². The highest BCUT2D eigenvalue weighted by Gasteiger charge is 2.41. The summed E-state index contributed by atoms with van der Waals surface area (Å²) in [7, 11) is 3.45. The Kier molecular flexibility index (Phi) is 4.22. The van der Waals surface area contributed by atoms with Crippen molar-refractivity contribution in [2.75, 3.05) is 32.1 Å². The first kappa shape index (κ1) is 14.0. The first-order chi connectivity index (χ1) is 9.09. The highest BCUT2D eigenvalue weighted by molar-refractivity contribution is 5.99. The molecule has 1 aromatic rings. The van der Waals surface area contributed by atoms with Gasteiger partial charge in [0, 0.05) is 19.8 Å². The van der Waals surface area contributed by atoms with Crippen molar-refractivity contribution >= 4 is 11.6 Å². The minimum absolute atomic E-state index is 0.0420. The number of carbonyl (C=O) groups is 1. The van der Waals surface area contributed by atoms with E-state index in [0.717, 1.165) is 31.6 Å². The standard InChI is InChI=1S/C15H22N2O2/c1-12-4-6-13(7-5-12)17(2)14(18)15(19-3)8-10-16-11-9-15/h4-7,16H,8-11H2,1-3H3. The van der Waals surface area contributed by atoms with Gasteiger partial charge in [-0.05, 0) is 45.0 Å². The van der Waals surface area contributed by atoms with Gasteiger partial charge in [-0.3, -0.25) is 4.79 Å². The number of piperidine rings is 1. The molecule has 0 aliphatic carbocycles. The van der Waals surface area contributed by atoms with Crippen LogP contribution in [0.5, 0.6) is 0 Å². The van der Waals surface area contributed by atoms with Gasteiger partial charge in [0.25, 0.3) is 5.91 Å². The van der Waals surface area contributed by atoms with Crippen molar-refractivity contribution in [1.82, 2.24) is 5.32 Å². The molecule has 1 N–H and O–H groups in total. The summed E-state index contributed by atoms with van der Waals surface area (Å²) < 4.78 is 5.58. The fraction of sp³-hybridized carbons (Fsp3) is 0.533. The number of anilines is 1. The Morgan fingerprint density at radius 1 is 1.26 bits per heavy atom. The topological polar surface area (TPSA) is 41.6 Å². The van der Waals surface area contributed by atoms with Gasteiger partial charge in [0.15, 0.2) is 0 Å². The Bertz CT molecular complexity index is 436. The van der Waals surface area contributed by atoms with Crippen molar-refractivity contribution in [3.8, 4) is 0 Å². The molecule has 4 heteroatoms. The number of methoxy groups -OCH3 is 1. The van der Waals surface area contributed by atoms with Crippen LogP contribution in [0.4, 0.5) is 5.69 Å². The highest BCUT2D eigenvalue weighted by Crippen LogP contribution is 2.27. The van der Waals surface area contributed by atoms with E-state index in [1.807, 2.05) is 38.2 Å². The van der Waals surface area contributed by atoms with Crippen molar-refractivity contribution in [2.45, 2.75) is 25.4 Å². The largest absolute Gasteiger partial charge is 0.368 e. The summed E-state index contributed by atoms with van der Waals surface area (Å²) >= 11 is 0. The Labute approximate surface area is 114 Å². The van der Waals surface area contributed by atoms with Crippen LogP contribution in [0, 0.1) is 6.92 Å². The van der Waals surface area contributed by atoms with Crippen molar-refractivity contribution in [3.63, 3.8) is 0 Å². The average Bonchev–Trinajstić information content (AvgIpc) is 2.47. The Balaban J connectivity index is 2.19. The Morgan fingerprint density at radius 3 is 2.37 bits per heavy atom. The van der Waals surface area contributed by atoms with E-state index in [9.17, 15) is 4.79 Å². The Morgan fingerprint density at radius 2 is 1.84 bits per heavy atom. The first-order valence-electron chi connectivity index (χ1n) is 6.70. The number of hydrogen-bond donors (Lipinski definition) is 1. The predicted molar refractivity (Wildman–Crippen MR) is 76.4 cm³/mol. The fourth-order valence-corrected chi connectivity index (χ4v) is 2.53. The zero-order valence-electron chi connectivity index (χ0n) is 11.9. The molecular weight excluding hydrogens is 240 g/mol. The monoisotopic (exact) mass is 262 g/mol. The highest BCUT2D eigenvalue weighted by atomic mass is 16.5. The number of likely N-dealkylation sites (N-methyl/N-ethyl adjacent to an activating group) is 1. The van der Waals surface area contributed by atoms with Crippen molar-refractivity contribution in [2.24, 2.45) is 0 Å². The maximum atomic E-state index is 12.7. The van der Waals surface area contributed by atoms with Crippen LogP contribution in [0.25, 0.3) is 0 Å². The number of hydrogen-bond acceptors (Lipinski definition) is 3. The predicted octanol–water partition coefficient (Wildman–Crippen LogP) is 1.73. The van der Waals surface area contributed by atoms with Crippen LogP contribution in [0.2, 0.25) is 0 Å². The smallest absolute Gasteiger partial charge is 0.259 e. The van der Waals surface area contributed by atoms with Gasteiger partial charge in [-0.1, -0.05) is 17.7 Å². The number of nitrogens with one attached hydrogen (secondary N) is 1. The number of benzene rings is 1. The van der Waals surface area contributed by atoms with Crippen molar-refractivity contribution in [3.05, 3.63) is 29.8 Å². The fourth-order valence-electron chi connectivity index (χ4n) is 2.53. The number of rotatable bonds is 3. The van der Waals surface area contributed by atoms with Gasteiger partial charge in [0.2, 0.25) is 0 Å². The van der Waals surface area contributed by atoms with Crippen molar-refractivity contribution < 1.29 is 9.53 Å². The molecule has 1 heterocycles. The SMILES string of the molecule is COC1(C(=O)N(C)c2ccc(C)cc2)CCNCC1. The van der Waals surface area contributed by atoms with E-state index in [4.69, 9.17) is 4.74 Å². The molecule has 104 valence electrons. The molecule has 0 bridgehead atoms. The first-order valence-corrected chi connectivity index (χ1v) is 6.70. The van der Waals surface area contributed by atoms with Crippen LogP contribution in [-0.2, 0) is 9.53 Å². The summed E-state index contributed by atoms with van der Waals surface area (Å²) in [5.41, 5.74) is 1.42. The number of nitrogens with zero attached hydrogens (tertiary/aromatic N) is 1. The third-order valence-electron chi connectivity index (χ3n) is 3.92. The molecule has 0 unspecified atom stereocenters. The van der Waals surface area contributed by atoms with Crippen LogP contribution in [0.1, 0.15) is 18.4 Å². The number of ether oxygens (including phenoxy) is 1. The van der Waals surface area contributed by atoms with E-state index in [1.54, 1.807) is 12.0 Å². The molecule has 0 aromatic heterocycles. The summed E-state index contributed by atoms with van der Waals surface area (Å²) in [6, 6.07) is 7.97. The van der Waals surface area contributed by atoms with E-state index in [-0.39, 0.29) is 5.91 Å². The second kappa shape index (κ2) is 5.72. The average molecular weight is 262 g/mol. The van der Waals surface area contributed by atoms with Gasteiger partial charge in [0.1, 0.15) is 5.60 Å². The van der Waals surface area contributed by atoms with E-state index in [2.05, 4.69) is 5.32 Å². The van der Waals surface area contributed by atoms with Gasteiger partial charge in [-0.25, -0.2) is 0 Å². The van der Waals surface area contributed by atoms with Crippen molar-refractivity contribution in [1.29, 1.82) is 0 Å². The summed E-state index contributed by atoms with van der Waals surface area (Å²) in [5, 5.41) is 3.26. The summed E-state index contributed by atoms with van der Waals surface area (Å²) in [5.74, 6) is 0.0420. The van der Waals surface area contributed by atoms with Crippen LogP contribution in [0.15, 0.2) is 24.3 Å². The summed E-state index contributed by atoms with van der Waals surface area (Å²) in [6.07, 6.45) is 1.44. The second-order valence-electron chi connectivity index (χ2n) is 5.15. The third kappa shape index (κ3) is 2.80. The molecule has 4 nitrogen and oxygen atoms in total. The molecule has 19 heavy (non-hydrogen) atoms. The van der Waals surface area contributed by atoms with Crippen LogP contribution < -0.4 is 10.2 Å². The minimum atomic E-state index is -0.676. The summed E-state index contributed by atoms with van der Waals surface area (Å²) in [4.78, 5) is 14.4. The van der Waals surface area contributed by atoms with Gasteiger partial charge < -0.3 is 15.0 Å². The van der Waals surface area contributed by atoms with E-state index in [0.29, 0.717) is 0 Å². The van der Waals surface area contributed by atoms with Gasteiger partial charge in [-0.2, -0.15) is 0 Å². The van der Waals surface area contributed by atoms with Crippen LogP contribution >= 0.6 is 0 Å². The van der Waals surface area contributed by atoms with Gasteiger partial charge in [0.05, 0.1) is 0 Å². The van der Waals surface area contributed by atoms with E-state index < -0.39 is 5.60 Å². The molecule has 0 atom stereocenters. The zero-order valence-corrected chi connectivity index (χ0v) is 11.9.